The molecule has 0 aliphatic heterocycles. The quantitative estimate of drug-likeness (QED) is 0.101. The van der Waals surface area contributed by atoms with E-state index < -0.39 is 0 Å². The number of Topliss-reactive ketones (excluding diaryl/α,β-unsaturated/α-hetero) is 1. The molecule has 1 amide bonds. The Morgan fingerprint density at radius 1 is 0.907 bits per heavy atom. The molecule has 2 aromatic rings. The van der Waals surface area contributed by atoms with Gasteiger partial charge in [-0.2, -0.15) is 0 Å². The minimum Gasteiger partial charge on any atom is -0.501 e. The third-order valence-corrected chi connectivity index (χ3v) is 8.10. The van der Waals surface area contributed by atoms with Gasteiger partial charge in [0.15, 0.2) is 0 Å². The van der Waals surface area contributed by atoms with Crippen LogP contribution in [0.2, 0.25) is 0 Å². The summed E-state index contributed by atoms with van der Waals surface area (Å²) in [5.74, 6) is 4.10. The lowest BCUT2D eigenvalue weighted by Crippen LogP contribution is -2.16. The monoisotopic (exact) mass is 750 g/mol. The topological polar surface area (TPSA) is 73.2 Å². The minimum absolute atomic E-state index is 0.200. The lowest BCUT2D eigenvalue weighted by molar-refractivity contribution is -0.119. The highest BCUT2D eigenvalue weighted by Gasteiger charge is 2.15. The maximum Gasteiger partial charge on any atom is 0.257 e. The van der Waals surface area contributed by atoms with Crippen molar-refractivity contribution in [3.05, 3.63) is 70.0 Å². The number of hydrogen-bond acceptors (Lipinski definition) is 4. The fourth-order valence-electron chi connectivity index (χ4n) is 4.87. The summed E-state index contributed by atoms with van der Waals surface area (Å²) >= 11 is 0. The molecule has 0 unspecified atom stereocenters. The van der Waals surface area contributed by atoms with Gasteiger partial charge in [-0.25, -0.2) is 4.98 Å². The van der Waals surface area contributed by atoms with E-state index in [-0.39, 0.29) is 5.91 Å². The molecule has 0 radical (unpaired) electrons. The number of unbranched alkanes of at least 4 members (excludes halogenated alkanes) is 1. The molecular weight excluding hydrogens is 667 g/mol. The van der Waals surface area contributed by atoms with Crippen molar-refractivity contribution in [1.29, 1.82) is 0 Å². The first kappa shape index (κ1) is 56.9. The Kier molecular flexibility index (Phi) is 40.9. The van der Waals surface area contributed by atoms with Gasteiger partial charge < -0.3 is 9.30 Å². The highest BCUT2D eigenvalue weighted by atomic mass is 16.5. The molecule has 0 bridgehead atoms. The van der Waals surface area contributed by atoms with Crippen molar-refractivity contribution in [2.75, 3.05) is 12.4 Å². The molecule has 1 saturated carbocycles. The second kappa shape index (κ2) is 38.9. The van der Waals surface area contributed by atoms with E-state index in [4.69, 9.17) is 11.2 Å². The van der Waals surface area contributed by atoms with Crippen molar-refractivity contribution in [1.82, 2.24) is 9.55 Å². The summed E-state index contributed by atoms with van der Waals surface area (Å²) in [6.45, 7) is 30.1. The van der Waals surface area contributed by atoms with Crippen LogP contribution in [-0.4, -0.2) is 28.4 Å². The molecule has 308 valence electrons. The summed E-state index contributed by atoms with van der Waals surface area (Å²) in [5, 5.41) is 2.98. The molecule has 54 heavy (non-hydrogen) atoms. The maximum atomic E-state index is 13.2. The Labute approximate surface area is 334 Å². The summed E-state index contributed by atoms with van der Waals surface area (Å²) in [4.78, 5) is 28.6. The molecule has 1 aromatic heterocycles. The molecule has 1 aliphatic carbocycles. The number of ketones is 1. The Bertz CT molecular complexity index is 1410. The lowest BCUT2D eigenvalue weighted by atomic mass is 10.0. The second-order valence-electron chi connectivity index (χ2n) is 12.2. The van der Waals surface area contributed by atoms with Crippen LogP contribution >= 0.6 is 0 Å². The van der Waals surface area contributed by atoms with E-state index in [1.807, 2.05) is 132 Å². The SMILES string of the molecule is C#CCC.C1CCCC1.CC.CC.CC.CC=C(C)\C=C(/C=C(C)/C(C)=C(/CC)OC)C(=O)Nc1nc2ccc(C)cc2n1C.CCCCC(=O)CCC. The number of nitrogens with one attached hydrogen (secondary N) is 1. The Morgan fingerprint density at radius 2 is 1.44 bits per heavy atom. The van der Waals surface area contributed by atoms with Crippen molar-refractivity contribution in [3.8, 4) is 12.3 Å². The van der Waals surface area contributed by atoms with Crippen LogP contribution in [0.15, 0.2) is 64.5 Å². The van der Waals surface area contributed by atoms with Gasteiger partial charge in [-0.15, -0.1) is 12.3 Å². The molecule has 6 nitrogen and oxygen atoms in total. The number of rotatable bonds is 12. The van der Waals surface area contributed by atoms with Gasteiger partial charge in [0.2, 0.25) is 5.95 Å². The van der Waals surface area contributed by atoms with Crippen LogP contribution in [0.5, 0.6) is 0 Å². The number of aryl methyl sites for hydroxylation is 2. The minimum atomic E-state index is -0.200. The number of ether oxygens (including phenoxy) is 1. The van der Waals surface area contributed by atoms with Gasteiger partial charge in [-0.1, -0.05) is 125 Å². The zero-order valence-corrected chi connectivity index (χ0v) is 38.1. The molecule has 3 rings (SSSR count). The number of terminal acetylenes is 1. The molecule has 0 spiro atoms. The van der Waals surface area contributed by atoms with E-state index in [2.05, 4.69) is 36.1 Å². The molecule has 0 saturated heterocycles. The Hall–Kier alpha value is -3.85. The highest BCUT2D eigenvalue weighted by Crippen LogP contribution is 2.22. The van der Waals surface area contributed by atoms with Crippen LogP contribution in [-0.2, 0) is 21.4 Å². The van der Waals surface area contributed by atoms with Gasteiger partial charge in [0.05, 0.1) is 23.9 Å². The third kappa shape index (κ3) is 26.0. The molecule has 1 fully saturated rings. The predicted octanol–water partition coefficient (Wildman–Crippen LogP) is 14.6. The number of allylic oxidation sites excluding steroid dienone is 6. The number of fused-ring (bicyclic) bond motifs is 1. The van der Waals surface area contributed by atoms with Crippen molar-refractivity contribution < 1.29 is 14.3 Å². The van der Waals surface area contributed by atoms with E-state index in [9.17, 15) is 9.59 Å². The molecule has 6 heteroatoms. The van der Waals surface area contributed by atoms with E-state index in [1.165, 1.54) is 32.1 Å². The molecule has 1 aromatic carbocycles. The summed E-state index contributed by atoms with van der Waals surface area (Å²) in [6, 6.07) is 6.05. The second-order valence-corrected chi connectivity index (χ2v) is 12.2. The highest BCUT2D eigenvalue weighted by molar-refractivity contribution is 6.06. The first-order chi connectivity index (χ1) is 25.9. The summed E-state index contributed by atoms with van der Waals surface area (Å²) in [5.41, 5.74) is 6.59. The van der Waals surface area contributed by atoms with E-state index >= 15 is 0 Å². The Morgan fingerprint density at radius 3 is 1.87 bits per heavy atom. The van der Waals surface area contributed by atoms with Gasteiger partial charge in [-0.05, 0) is 88.5 Å². The van der Waals surface area contributed by atoms with Gasteiger partial charge in [0, 0.05) is 38.3 Å². The van der Waals surface area contributed by atoms with Crippen LogP contribution in [0.25, 0.3) is 11.0 Å². The van der Waals surface area contributed by atoms with Gasteiger partial charge in [0.25, 0.3) is 5.91 Å². The number of anilines is 1. The molecular formula is C48H83N3O3. The summed E-state index contributed by atoms with van der Waals surface area (Å²) in [7, 11) is 3.58. The van der Waals surface area contributed by atoms with Gasteiger partial charge in [0.1, 0.15) is 5.78 Å². The number of nitrogens with zero attached hydrogens (tertiary/aromatic N) is 2. The number of carbonyl (C=O) groups is 2. The zero-order chi connectivity index (χ0) is 42.5. The molecule has 1 aliphatic rings. The standard InChI is InChI=1S/C25H33N3O2.C8H16O.C5H10.C4H6.3C2H6/c1-9-16(3)13-20(15-18(5)19(6)23(10-2)30-8)24(29)27-25-26-21-12-11-17(4)14-22(21)28(25)7;1-3-5-7-8(9)6-4-2;1-2-4-5-3-1;1-3-4-2;3*1-2/h9,11-15H,10H2,1-8H3,(H,26,27,29);3-7H2,1-2H3;1-5H2;1H,4H2,2H3;3*1-2H3/b16-9?,18-15+,20-13+,23-19-;;;;;;. The fourth-order valence-corrected chi connectivity index (χ4v) is 4.87. The number of hydrogen-bond donors (Lipinski definition) is 1. The van der Waals surface area contributed by atoms with E-state index in [1.54, 1.807) is 7.11 Å². The molecule has 0 atom stereocenters. The number of amides is 1. The number of methoxy groups -OCH3 is 1. The van der Waals surface area contributed by atoms with Crippen LogP contribution in [0.1, 0.15) is 180 Å². The molecule has 1 N–H and O–H groups in total. The predicted molar refractivity (Wildman–Crippen MR) is 241 cm³/mol. The zero-order valence-electron chi connectivity index (χ0n) is 38.1. The van der Waals surface area contributed by atoms with Crippen molar-refractivity contribution >= 4 is 28.7 Å². The number of carbonyl (C=O) groups excluding carboxylic acids is 2. The van der Waals surface area contributed by atoms with E-state index in [0.717, 1.165) is 84.0 Å². The van der Waals surface area contributed by atoms with Crippen molar-refractivity contribution in [2.45, 2.75) is 181 Å². The van der Waals surface area contributed by atoms with Crippen LogP contribution in [0.3, 0.4) is 0 Å². The normalized spacial score (nSPS) is 12.3. The van der Waals surface area contributed by atoms with Crippen LogP contribution in [0, 0.1) is 19.3 Å². The fraction of sp³-hybridized carbons (Fsp3) is 0.604. The number of benzene rings is 1. The van der Waals surface area contributed by atoms with Crippen molar-refractivity contribution in [2.24, 2.45) is 7.05 Å². The Balaban J connectivity index is -0.000000422. The number of imidazole rings is 1. The lowest BCUT2D eigenvalue weighted by Gasteiger charge is -2.11. The summed E-state index contributed by atoms with van der Waals surface area (Å²) < 4.78 is 7.38. The number of aromatic nitrogens is 2. The average Bonchev–Trinajstić information content (AvgIpc) is 3.89. The first-order valence-electron chi connectivity index (χ1n) is 20.9. The van der Waals surface area contributed by atoms with Gasteiger partial charge >= 0.3 is 0 Å². The largest absolute Gasteiger partial charge is 0.501 e. The summed E-state index contributed by atoms with van der Waals surface area (Å²) in [6.07, 6.45) is 24.5. The van der Waals surface area contributed by atoms with Crippen LogP contribution in [0.4, 0.5) is 5.95 Å². The first-order valence-corrected chi connectivity index (χ1v) is 20.9. The average molecular weight is 750 g/mol. The smallest absolute Gasteiger partial charge is 0.257 e. The van der Waals surface area contributed by atoms with Gasteiger partial charge in [-0.3, -0.25) is 14.9 Å². The van der Waals surface area contributed by atoms with Crippen LogP contribution < -0.4 is 5.32 Å². The maximum absolute atomic E-state index is 13.2. The third-order valence-electron chi connectivity index (χ3n) is 8.10. The molecule has 1 heterocycles. The van der Waals surface area contributed by atoms with Crippen molar-refractivity contribution in [3.63, 3.8) is 0 Å². The van der Waals surface area contributed by atoms with E-state index in [0.29, 0.717) is 17.3 Å².